The minimum Gasteiger partial charge on any atom is -0.454 e. The average Bonchev–Trinajstić information content (AvgIpc) is 3.76. The predicted octanol–water partition coefficient (Wildman–Crippen LogP) is 3.77. The van der Waals surface area contributed by atoms with Gasteiger partial charge in [-0.2, -0.15) is 5.10 Å². The molecule has 0 spiro atoms. The predicted molar refractivity (Wildman–Crippen MR) is 147 cm³/mol. The molecule has 2 amide bonds. The first-order valence-electron chi connectivity index (χ1n) is 13.2. The normalized spacial score (nSPS) is 18.6. The molecule has 0 saturated carbocycles. The quantitative estimate of drug-likeness (QED) is 0.414. The Balaban J connectivity index is 1.26. The fourth-order valence-corrected chi connectivity index (χ4v) is 5.76. The van der Waals surface area contributed by atoms with Crippen LogP contribution in [-0.2, 0) is 9.53 Å². The molecule has 6 rings (SSSR count). The summed E-state index contributed by atoms with van der Waals surface area (Å²) in [6, 6.07) is 14.9. The first-order valence-corrected chi connectivity index (χ1v) is 14.1. The number of rotatable bonds is 8. The van der Waals surface area contributed by atoms with Crippen LogP contribution >= 0.6 is 11.3 Å². The van der Waals surface area contributed by atoms with E-state index in [2.05, 4.69) is 4.90 Å². The number of hydrogen-bond acceptors (Lipinski definition) is 8. The van der Waals surface area contributed by atoms with E-state index in [9.17, 15) is 14.0 Å². The zero-order valence-electron chi connectivity index (χ0n) is 21.8. The number of fused-ring (bicyclic) bond motifs is 1. The zero-order valence-corrected chi connectivity index (χ0v) is 22.6. The van der Waals surface area contributed by atoms with E-state index < -0.39 is 6.04 Å². The second-order valence-corrected chi connectivity index (χ2v) is 10.7. The Morgan fingerprint density at radius 2 is 1.85 bits per heavy atom. The van der Waals surface area contributed by atoms with E-state index in [-0.39, 0.29) is 31.0 Å². The molecule has 2 aromatic carbocycles. The van der Waals surface area contributed by atoms with Crippen LogP contribution in [0, 0.1) is 5.82 Å². The monoisotopic (exact) mass is 564 g/mol. The Morgan fingerprint density at radius 3 is 2.62 bits per heavy atom. The van der Waals surface area contributed by atoms with Crippen molar-refractivity contribution in [2.75, 3.05) is 52.7 Å². The Bertz CT molecular complexity index is 1390. The van der Waals surface area contributed by atoms with Gasteiger partial charge >= 0.3 is 0 Å². The van der Waals surface area contributed by atoms with Crippen LogP contribution in [0.15, 0.2) is 65.1 Å². The number of ether oxygens (including phenoxy) is 3. The van der Waals surface area contributed by atoms with Crippen LogP contribution in [0.3, 0.4) is 0 Å². The van der Waals surface area contributed by atoms with Crippen molar-refractivity contribution in [2.45, 2.75) is 12.5 Å². The second kappa shape index (κ2) is 11.7. The van der Waals surface area contributed by atoms with Gasteiger partial charge in [-0.25, -0.2) is 9.40 Å². The molecule has 3 aromatic rings. The Hall–Kier alpha value is -3.80. The van der Waals surface area contributed by atoms with Crippen molar-refractivity contribution < 1.29 is 28.2 Å². The fourth-order valence-electron chi connectivity index (χ4n) is 5.07. The number of carbonyl (C=O) groups excluding carboxylic acids is 2. The maximum absolute atomic E-state index is 13.9. The van der Waals surface area contributed by atoms with E-state index in [1.54, 1.807) is 23.1 Å². The van der Waals surface area contributed by atoms with Crippen LogP contribution in [0.2, 0.25) is 0 Å². The summed E-state index contributed by atoms with van der Waals surface area (Å²) in [5.74, 6) is 0.436. The van der Waals surface area contributed by atoms with E-state index in [0.717, 1.165) is 24.2 Å². The molecule has 3 aliphatic heterocycles. The molecule has 0 unspecified atom stereocenters. The van der Waals surface area contributed by atoms with Gasteiger partial charge in [0.25, 0.3) is 11.8 Å². The van der Waals surface area contributed by atoms with Gasteiger partial charge in [-0.15, -0.1) is 11.3 Å². The van der Waals surface area contributed by atoms with Gasteiger partial charge in [0.05, 0.1) is 29.8 Å². The van der Waals surface area contributed by atoms with Gasteiger partial charge in [-0.05, 0) is 46.8 Å². The number of thiophene rings is 1. The third-order valence-electron chi connectivity index (χ3n) is 7.26. The summed E-state index contributed by atoms with van der Waals surface area (Å²) in [5.41, 5.74) is 2.24. The standard InChI is InChI=1S/C29H29FN4O5S/c30-22-6-3-20(4-7-22)23-17-24(21-5-8-25-26(16-21)39-19-38-25)34(31-23)28(35)18-33(29(36)27-2-1-15-40-27)10-9-32-11-13-37-14-12-32/h1-8,15-16,24H,9-14,17-19H2/t24-/m1/s1. The SMILES string of the molecule is O=C(c1cccs1)N(CCN1CCOCC1)CC(=O)N1N=C(c2ccc(F)cc2)C[C@@H]1c1ccc2c(c1)OCO2. The summed E-state index contributed by atoms with van der Waals surface area (Å²) < 4.78 is 30.1. The van der Waals surface area contributed by atoms with Crippen LogP contribution in [0.4, 0.5) is 4.39 Å². The number of amides is 2. The molecular weight excluding hydrogens is 535 g/mol. The van der Waals surface area contributed by atoms with Crippen molar-refractivity contribution in [1.82, 2.24) is 14.8 Å². The first-order chi connectivity index (χ1) is 19.5. The van der Waals surface area contributed by atoms with Gasteiger partial charge in [0.2, 0.25) is 6.79 Å². The summed E-state index contributed by atoms with van der Waals surface area (Å²) in [5, 5.41) is 8.02. The maximum Gasteiger partial charge on any atom is 0.264 e. The summed E-state index contributed by atoms with van der Waals surface area (Å²) in [7, 11) is 0. The van der Waals surface area contributed by atoms with Gasteiger partial charge in [-0.1, -0.05) is 24.3 Å². The first kappa shape index (κ1) is 26.4. The van der Waals surface area contributed by atoms with Crippen molar-refractivity contribution in [2.24, 2.45) is 5.10 Å². The van der Waals surface area contributed by atoms with E-state index in [4.69, 9.17) is 19.3 Å². The Labute approximate surface area is 235 Å². The Morgan fingerprint density at radius 1 is 1.05 bits per heavy atom. The Kier molecular flexibility index (Phi) is 7.76. The highest BCUT2D eigenvalue weighted by Crippen LogP contribution is 2.39. The molecule has 4 heterocycles. The lowest BCUT2D eigenvalue weighted by molar-refractivity contribution is -0.133. The average molecular weight is 565 g/mol. The molecule has 0 aliphatic carbocycles. The molecular formula is C29H29FN4O5S. The molecule has 11 heteroatoms. The van der Waals surface area contributed by atoms with Crippen LogP contribution in [-0.4, -0.2) is 85.1 Å². The summed E-state index contributed by atoms with van der Waals surface area (Å²) in [4.78, 5) is 31.8. The van der Waals surface area contributed by atoms with E-state index in [1.807, 2.05) is 29.6 Å². The number of halogens is 1. The molecule has 40 heavy (non-hydrogen) atoms. The summed E-state index contributed by atoms with van der Waals surface area (Å²) in [6.45, 7) is 3.96. The number of carbonyl (C=O) groups is 2. The minimum absolute atomic E-state index is 0.123. The van der Waals surface area contributed by atoms with Gasteiger partial charge in [0.15, 0.2) is 11.5 Å². The number of nitrogens with zero attached hydrogens (tertiary/aromatic N) is 4. The summed E-state index contributed by atoms with van der Waals surface area (Å²) in [6.07, 6.45) is 0.434. The lowest BCUT2D eigenvalue weighted by atomic mass is 9.98. The maximum atomic E-state index is 13.9. The largest absolute Gasteiger partial charge is 0.454 e. The molecule has 1 atom stereocenters. The van der Waals surface area contributed by atoms with Crippen molar-refractivity contribution in [3.05, 3.63) is 81.8 Å². The topological polar surface area (TPSA) is 83.9 Å². The van der Waals surface area contributed by atoms with E-state index in [0.29, 0.717) is 54.8 Å². The zero-order chi connectivity index (χ0) is 27.5. The van der Waals surface area contributed by atoms with E-state index >= 15 is 0 Å². The van der Waals surface area contributed by atoms with E-state index in [1.165, 1.54) is 28.5 Å². The van der Waals surface area contributed by atoms with Gasteiger partial charge in [0, 0.05) is 32.6 Å². The molecule has 9 nitrogen and oxygen atoms in total. The third kappa shape index (κ3) is 5.72. The molecule has 0 bridgehead atoms. The summed E-state index contributed by atoms with van der Waals surface area (Å²) >= 11 is 1.35. The molecule has 0 N–H and O–H groups in total. The number of hydrogen-bond donors (Lipinski definition) is 0. The van der Waals surface area contributed by atoms with Crippen LogP contribution in [0.5, 0.6) is 11.5 Å². The molecule has 1 aromatic heterocycles. The lowest BCUT2D eigenvalue weighted by Crippen LogP contribution is -2.46. The van der Waals surface area contributed by atoms with Gasteiger partial charge in [-0.3, -0.25) is 14.5 Å². The molecule has 3 aliphatic rings. The highest BCUT2D eigenvalue weighted by Gasteiger charge is 2.35. The van der Waals surface area contributed by atoms with Crippen molar-refractivity contribution in [3.63, 3.8) is 0 Å². The van der Waals surface area contributed by atoms with Crippen LogP contribution in [0.25, 0.3) is 0 Å². The fraction of sp³-hybridized carbons (Fsp3) is 0.345. The highest BCUT2D eigenvalue weighted by atomic mass is 32.1. The molecule has 208 valence electrons. The van der Waals surface area contributed by atoms with Crippen LogP contribution in [0.1, 0.15) is 33.3 Å². The number of hydrazone groups is 1. The third-order valence-corrected chi connectivity index (χ3v) is 8.12. The van der Waals surface area contributed by atoms with Crippen molar-refractivity contribution in [1.29, 1.82) is 0 Å². The molecule has 1 fully saturated rings. The molecule has 0 radical (unpaired) electrons. The minimum atomic E-state index is -0.417. The molecule has 1 saturated heterocycles. The van der Waals surface area contributed by atoms with Gasteiger partial charge in [0.1, 0.15) is 12.4 Å². The lowest BCUT2D eigenvalue weighted by Gasteiger charge is -2.31. The van der Waals surface area contributed by atoms with Crippen molar-refractivity contribution in [3.8, 4) is 11.5 Å². The second-order valence-electron chi connectivity index (χ2n) is 9.78. The highest BCUT2D eigenvalue weighted by molar-refractivity contribution is 7.12. The van der Waals surface area contributed by atoms with Gasteiger partial charge < -0.3 is 19.1 Å². The smallest absolute Gasteiger partial charge is 0.264 e. The van der Waals surface area contributed by atoms with Crippen molar-refractivity contribution >= 4 is 28.9 Å². The number of morpholine rings is 1. The number of benzene rings is 2. The van der Waals surface area contributed by atoms with Crippen LogP contribution < -0.4 is 9.47 Å².